The van der Waals surface area contributed by atoms with E-state index in [9.17, 15) is 4.79 Å². The summed E-state index contributed by atoms with van der Waals surface area (Å²) < 4.78 is 11.4. The molecule has 114 valence electrons. The number of ether oxygens (including phenoxy) is 2. The summed E-state index contributed by atoms with van der Waals surface area (Å²) in [4.78, 5) is 14.6. The Hall–Kier alpha value is -1.39. The van der Waals surface area contributed by atoms with Crippen molar-refractivity contribution in [3.05, 3.63) is 35.4 Å². The molecule has 3 atom stereocenters. The molecule has 4 nitrogen and oxygen atoms in total. The van der Waals surface area contributed by atoms with Crippen molar-refractivity contribution in [1.82, 2.24) is 4.90 Å². The number of hydrogen-bond donors (Lipinski definition) is 0. The maximum atomic E-state index is 12.7. The van der Waals surface area contributed by atoms with Crippen LogP contribution in [0.1, 0.15) is 37.5 Å². The van der Waals surface area contributed by atoms with Gasteiger partial charge in [0.25, 0.3) is 0 Å². The lowest BCUT2D eigenvalue weighted by molar-refractivity contribution is -0.147. The second-order valence-corrected chi connectivity index (χ2v) is 6.05. The smallest absolute Gasteiger partial charge is 0.226 e. The summed E-state index contributed by atoms with van der Waals surface area (Å²) in [6.07, 6.45) is 1.25. The molecule has 1 fully saturated rings. The van der Waals surface area contributed by atoms with Crippen molar-refractivity contribution in [1.29, 1.82) is 0 Å². The lowest BCUT2D eigenvalue weighted by Crippen LogP contribution is -2.52. The number of rotatable bonds is 2. The number of carbonyl (C=O) groups excluding carboxylic acids is 1. The van der Waals surface area contributed by atoms with E-state index >= 15 is 0 Å². The second kappa shape index (κ2) is 6.16. The number of amides is 1. The average Bonchev–Trinajstić information content (AvgIpc) is 2.47. The van der Waals surface area contributed by atoms with Gasteiger partial charge in [-0.3, -0.25) is 4.79 Å². The fraction of sp³-hybridized carbons (Fsp3) is 0.588. The van der Waals surface area contributed by atoms with Gasteiger partial charge in [0.15, 0.2) is 0 Å². The maximum Gasteiger partial charge on any atom is 0.226 e. The topological polar surface area (TPSA) is 38.8 Å². The van der Waals surface area contributed by atoms with Gasteiger partial charge in [0.1, 0.15) is 0 Å². The minimum Gasteiger partial charge on any atom is -0.377 e. The summed E-state index contributed by atoms with van der Waals surface area (Å²) in [6.45, 7) is 6.03. The number of nitrogens with zero attached hydrogens (tertiary/aromatic N) is 1. The molecule has 0 radical (unpaired) electrons. The first-order valence-corrected chi connectivity index (χ1v) is 7.75. The molecule has 21 heavy (non-hydrogen) atoms. The van der Waals surface area contributed by atoms with Crippen LogP contribution in [0.15, 0.2) is 24.3 Å². The molecule has 1 aromatic carbocycles. The quantitative estimate of drug-likeness (QED) is 0.839. The molecule has 1 saturated heterocycles. The van der Waals surface area contributed by atoms with Crippen LogP contribution in [-0.2, 0) is 20.7 Å². The first-order valence-electron chi connectivity index (χ1n) is 7.75. The molecule has 3 rings (SSSR count). The molecule has 0 N–H and O–H groups in total. The van der Waals surface area contributed by atoms with Crippen molar-refractivity contribution in [2.75, 3.05) is 19.8 Å². The molecular formula is C17H23NO3. The fourth-order valence-electron chi connectivity index (χ4n) is 3.41. The summed E-state index contributed by atoms with van der Waals surface area (Å²) in [5.41, 5.74) is 2.48. The number of morpholine rings is 1. The molecule has 0 spiro atoms. The standard InChI is InChI=1S/C17H23NO3/c1-12-10-20-11-13(2)18(12)17(19)9-16-15-6-4-3-5-14(15)7-8-21-16/h3-6,12-13,16H,7-11H2,1-2H3. The zero-order chi connectivity index (χ0) is 14.8. The van der Waals surface area contributed by atoms with Crippen LogP contribution in [0.25, 0.3) is 0 Å². The van der Waals surface area contributed by atoms with Crippen molar-refractivity contribution in [2.24, 2.45) is 0 Å². The third-order valence-electron chi connectivity index (χ3n) is 4.41. The number of carbonyl (C=O) groups is 1. The van der Waals surface area contributed by atoms with E-state index in [0.29, 0.717) is 26.2 Å². The molecule has 0 saturated carbocycles. The van der Waals surface area contributed by atoms with Gasteiger partial charge in [0, 0.05) is 0 Å². The fourth-order valence-corrected chi connectivity index (χ4v) is 3.41. The Bertz CT molecular complexity index is 507. The van der Waals surface area contributed by atoms with Gasteiger partial charge in [-0.05, 0) is 31.4 Å². The van der Waals surface area contributed by atoms with Gasteiger partial charge in [-0.2, -0.15) is 0 Å². The molecule has 4 heteroatoms. The van der Waals surface area contributed by atoms with Crippen molar-refractivity contribution < 1.29 is 14.3 Å². The van der Waals surface area contributed by atoms with Crippen LogP contribution < -0.4 is 0 Å². The number of benzene rings is 1. The van der Waals surface area contributed by atoms with Gasteiger partial charge in [-0.1, -0.05) is 24.3 Å². The number of fused-ring (bicyclic) bond motifs is 1. The van der Waals surface area contributed by atoms with Gasteiger partial charge in [-0.15, -0.1) is 0 Å². The highest BCUT2D eigenvalue weighted by Gasteiger charge is 2.32. The molecule has 0 aromatic heterocycles. The van der Waals surface area contributed by atoms with Crippen molar-refractivity contribution >= 4 is 5.91 Å². The van der Waals surface area contributed by atoms with Crippen LogP contribution in [0.5, 0.6) is 0 Å². The van der Waals surface area contributed by atoms with Gasteiger partial charge < -0.3 is 14.4 Å². The van der Waals surface area contributed by atoms with E-state index in [1.54, 1.807) is 0 Å². The van der Waals surface area contributed by atoms with Crippen LogP contribution in [-0.4, -0.2) is 42.7 Å². The third kappa shape index (κ3) is 2.97. The van der Waals surface area contributed by atoms with E-state index in [1.165, 1.54) is 11.1 Å². The predicted octanol–water partition coefficient (Wildman–Crippen LogP) is 2.33. The summed E-state index contributed by atoms with van der Waals surface area (Å²) in [5.74, 6) is 0.167. The summed E-state index contributed by atoms with van der Waals surface area (Å²) in [5, 5.41) is 0. The molecule has 0 bridgehead atoms. The molecule has 0 aliphatic carbocycles. The second-order valence-electron chi connectivity index (χ2n) is 6.05. The zero-order valence-corrected chi connectivity index (χ0v) is 12.7. The van der Waals surface area contributed by atoms with Crippen LogP contribution >= 0.6 is 0 Å². The van der Waals surface area contributed by atoms with Gasteiger partial charge in [0.05, 0.1) is 44.4 Å². The summed E-state index contributed by atoms with van der Waals surface area (Å²) in [7, 11) is 0. The van der Waals surface area contributed by atoms with Crippen LogP contribution in [0.4, 0.5) is 0 Å². The normalized spacial score (nSPS) is 29.0. The van der Waals surface area contributed by atoms with E-state index in [-0.39, 0.29) is 24.1 Å². The average molecular weight is 289 g/mol. The summed E-state index contributed by atoms with van der Waals surface area (Å²) in [6, 6.07) is 8.56. The minimum atomic E-state index is -0.107. The Balaban J connectivity index is 1.73. The molecule has 2 aliphatic heterocycles. The molecule has 2 heterocycles. The first kappa shape index (κ1) is 14.5. The van der Waals surface area contributed by atoms with Crippen LogP contribution in [0.3, 0.4) is 0 Å². The number of hydrogen-bond acceptors (Lipinski definition) is 3. The molecule has 3 unspecified atom stereocenters. The molecular weight excluding hydrogens is 266 g/mol. The largest absolute Gasteiger partial charge is 0.377 e. The van der Waals surface area contributed by atoms with Crippen LogP contribution in [0.2, 0.25) is 0 Å². The Morgan fingerprint density at radius 3 is 2.71 bits per heavy atom. The Labute approximate surface area is 126 Å². The van der Waals surface area contributed by atoms with E-state index in [4.69, 9.17) is 9.47 Å². The highest BCUT2D eigenvalue weighted by Crippen LogP contribution is 2.30. The van der Waals surface area contributed by atoms with Gasteiger partial charge >= 0.3 is 0 Å². The highest BCUT2D eigenvalue weighted by molar-refractivity contribution is 5.77. The Morgan fingerprint density at radius 2 is 1.95 bits per heavy atom. The lowest BCUT2D eigenvalue weighted by atomic mass is 9.95. The molecule has 1 aromatic rings. The molecule has 1 amide bonds. The third-order valence-corrected chi connectivity index (χ3v) is 4.41. The van der Waals surface area contributed by atoms with Gasteiger partial charge in [-0.25, -0.2) is 0 Å². The van der Waals surface area contributed by atoms with Crippen molar-refractivity contribution in [3.63, 3.8) is 0 Å². The summed E-state index contributed by atoms with van der Waals surface area (Å²) >= 11 is 0. The van der Waals surface area contributed by atoms with Crippen molar-refractivity contribution in [3.8, 4) is 0 Å². The van der Waals surface area contributed by atoms with E-state index < -0.39 is 0 Å². The lowest BCUT2D eigenvalue weighted by Gasteiger charge is -2.39. The van der Waals surface area contributed by atoms with E-state index in [2.05, 4.69) is 18.2 Å². The Morgan fingerprint density at radius 1 is 1.24 bits per heavy atom. The zero-order valence-electron chi connectivity index (χ0n) is 12.7. The van der Waals surface area contributed by atoms with Crippen molar-refractivity contribution in [2.45, 2.75) is 44.9 Å². The SMILES string of the molecule is CC1COCC(C)N1C(=O)CC1OCCc2ccccc21. The molecule has 2 aliphatic rings. The minimum absolute atomic E-state index is 0.107. The predicted molar refractivity (Wildman–Crippen MR) is 80.0 cm³/mol. The van der Waals surface area contributed by atoms with Gasteiger partial charge in [0.2, 0.25) is 5.91 Å². The van der Waals surface area contributed by atoms with E-state index in [0.717, 1.165) is 6.42 Å². The monoisotopic (exact) mass is 289 g/mol. The first-order chi connectivity index (χ1) is 10.2. The maximum absolute atomic E-state index is 12.7. The van der Waals surface area contributed by atoms with E-state index in [1.807, 2.05) is 24.8 Å². The highest BCUT2D eigenvalue weighted by atomic mass is 16.5. The Kier molecular flexibility index (Phi) is 4.27. The van der Waals surface area contributed by atoms with Crippen LogP contribution in [0, 0.1) is 0 Å².